The lowest BCUT2D eigenvalue weighted by Gasteiger charge is -2.42. The van der Waals surface area contributed by atoms with Crippen molar-refractivity contribution in [2.45, 2.75) is 24.3 Å². The molecule has 66 heavy (non-hydrogen) atoms. The van der Waals surface area contributed by atoms with E-state index >= 15 is 0 Å². The largest absolute Gasteiger partial charge is 0.482 e. The van der Waals surface area contributed by atoms with Crippen molar-refractivity contribution in [2.24, 2.45) is 0 Å². The number of para-hydroxylation sites is 8. The molecule has 13 rings (SSSR count). The van der Waals surface area contributed by atoms with Gasteiger partial charge in [0.1, 0.15) is 23.7 Å². The second-order valence-electron chi connectivity index (χ2n) is 16.7. The zero-order valence-corrected chi connectivity index (χ0v) is 35.5. The van der Waals surface area contributed by atoms with Crippen molar-refractivity contribution in [1.29, 1.82) is 0 Å². The molecule has 2 aliphatic carbocycles. The predicted molar refractivity (Wildman–Crippen MR) is 261 cm³/mol. The van der Waals surface area contributed by atoms with Crippen molar-refractivity contribution in [1.82, 2.24) is 15.0 Å². The molecule has 316 valence electrons. The number of allylic oxidation sites excluding steroid dienone is 4. The van der Waals surface area contributed by atoms with Crippen LogP contribution in [0.3, 0.4) is 0 Å². The highest BCUT2D eigenvalue weighted by atomic mass is 16.5. The van der Waals surface area contributed by atoms with Gasteiger partial charge >= 0.3 is 0 Å². The Labute approximate surface area is 382 Å². The van der Waals surface area contributed by atoms with Gasteiger partial charge in [0.15, 0.2) is 29.0 Å². The third-order valence-electron chi connectivity index (χ3n) is 12.7. The summed E-state index contributed by atoms with van der Waals surface area (Å²) in [6, 6.07) is 58.0. The molecule has 9 heteroatoms. The van der Waals surface area contributed by atoms with Gasteiger partial charge in [-0.15, -0.1) is 0 Å². The van der Waals surface area contributed by atoms with Crippen molar-refractivity contribution in [3.8, 4) is 57.2 Å². The second-order valence-corrected chi connectivity index (χ2v) is 16.7. The van der Waals surface area contributed by atoms with Gasteiger partial charge in [-0.25, -0.2) is 15.0 Å². The lowest BCUT2D eigenvalue weighted by Crippen LogP contribution is -2.46. The van der Waals surface area contributed by atoms with Crippen LogP contribution >= 0.6 is 0 Å². The molecule has 0 amide bonds. The fourth-order valence-corrected chi connectivity index (χ4v) is 9.70. The first-order chi connectivity index (χ1) is 32.7. The maximum Gasteiger partial charge on any atom is 0.164 e. The Morgan fingerprint density at radius 2 is 0.727 bits per heavy atom. The van der Waals surface area contributed by atoms with Gasteiger partial charge in [0.2, 0.25) is 0 Å². The van der Waals surface area contributed by atoms with Crippen molar-refractivity contribution in [3.05, 3.63) is 218 Å². The van der Waals surface area contributed by atoms with E-state index in [2.05, 4.69) is 173 Å². The summed E-state index contributed by atoms with van der Waals surface area (Å²) in [6.07, 6.45) is 16.7. The molecule has 0 saturated carbocycles. The van der Waals surface area contributed by atoms with Crippen LogP contribution in [0.15, 0.2) is 218 Å². The summed E-state index contributed by atoms with van der Waals surface area (Å²) in [5.74, 6) is 4.92. The van der Waals surface area contributed by atoms with E-state index in [-0.39, 0.29) is 24.3 Å². The summed E-state index contributed by atoms with van der Waals surface area (Å²) in [5, 5.41) is 0. The normalized spacial score (nSPS) is 19.2. The average Bonchev–Trinajstić information content (AvgIpc) is 3.38. The fraction of sp³-hybridized carbons (Fsp3) is 0.0702. The third-order valence-corrected chi connectivity index (χ3v) is 12.7. The van der Waals surface area contributed by atoms with E-state index in [0.29, 0.717) is 17.5 Å². The maximum absolute atomic E-state index is 6.49. The number of hydrogen-bond acceptors (Lipinski definition) is 9. The van der Waals surface area contributed by atoms with Gasteiger partial charge in [-0.3, -0.25) is 0 Å². The number of anilines is 7. The van der Waals surface area contributed by atoms with Gasteiger partial charge < -0.3 is 28.9 Å². The van der Waals surface area contributed by atoms with Crippen LogP contribution < -0.4 is 28.9 Å². The molecule has 4 unspecified atom stereocenters. The van der Waals surface area contributed by atoms with Gasteiger partial charge in [0.05, 0.1) is 34.8 Å². The molecule has 1 aromatic heterocycles. The maximum atomic E-state index is 6.49. The Balaban J connectivity index is 0.963. The molecule has 0 saturated heterocycles. The molecule has 3 aliphatic heterocycles. The van der Waals surface area contributed by atoms with E-state index in [1.54, 1.807) is 0 Å². The zero-order chi connectivity index (χ0) is 43.6. The van der Waals surface area contributed by atoms with Crippen molar-refractivity contribution in [2.75, 3.05) is 14.7 Å². The predicted octanol–water partition coefficient (Wildman–Crippen LogP) is 13.2. The first-order valence-corrected chi connectivity index (χ1v) is 22.2. The second kappa shape index (κ2) is 15.5. The summed E-state index contributed by atoms with van der Waals surface area (Å²) in [6.45, 7) is 0. The van der Waals surface area contributed by atoms with Gasteiger partial charge in [-0.2, -0.15) is 0 Å². The Morgan fingerprint density at radius 3 is 1.20 bits per heavy atom. The summed E-state index contributed by atoms with van der Waals surface area (Å²) in [7, 11) is 0. The van der Waals surface area contributed by atoms with E-state index in [9.17, 15) is 0 Å². The van der Waals surface area contributed by atoms with E-state index in [4.69, 9.17) is 29.2 Å². The lowest BCUT2D eigenvalue weighted by atomic mass is 9.98. The molecule has 0 bridgehead atoms. The van der Waals surface area contributed by atoms with Gasteiger partial charge in [0, 0.05) is 33.8 Å². The summed E-state index contributed by atoms with van der Waals surface area (Å²) in [5.41, 5.74) is 9.44. The van der Waals surface area contributed by atoms with E-state index in [1.165, 1.54) is 0 Å². The third kappa shape index (κ3) is 6.43. The van der Waals surface area contributed by atoms with Crippen LogP contribution in [0.5, 0.6) is 23.0 Å². The topological polar surface area (TPSA) is 76.1 Å². The number of nitrogens with zero attached hydrogens (tertiary/aromatic N) is 6. The standard InChI is InChI=1S/C57H40N6O3/c1-7-28-49-43(22-1)61(44-23-2-8-29-50(44)64-49)40-19-13-16-37(34-40)55-58-56(38-17-14-20-41(35-38)62-45-24-3-9-30-51(45)65-52-31-10-4-25-46(52)62)60-57(59-55)39-18-15-21-42(36-39)63-47-26-5-11-32-53(47)66-54-33-12-6-27-48(54)63/h1-36,43,45,49,51H. The average molecular weight is 857 g/mol. The number of fused-ring (bicyclic) bond motifs is 6. The minimum absolute atomic E-state index is 0.0371. The number of benzene rings is 7. The molecule has 4 heterocycles. The highest BCUT2D eigenvalue weighted by Crippen LogP contribution is 2.51. The van der Waals surface area contributed by atoms with Crippen LogP contribution in [0.4, 0.5) is 39.8 Å². The summed E-state index contributed by atoms with van der Waals surface area (Å²) in [4.78, 5) is 22.9. The SMILES string of the molecule is C1=CC2Oc3ccccc3N(c3cccc(-c4nc(-c5cccc(N6c7ccccc7Oc7ccccc76)c5)nc(-c5cccc(N6c7ccccc7OC7C=CC=CC76)c5)n4)c3)C2C=C1. The summed E-state index contributed by atoms with van der Waals surface area (Å²) < 4.78 is 19.3. The Morgan fingerprint density at radius 1 is 0.348 bits per heavy atom. The molecule has 4 atom stereocenters. The molecule has 9 nitrogen and oxygen atoms in total. The van der Waals surface area contributed by atoms with E-state index < -0.39 is 0 Å². The molecular formula is C57H40N6O3. The van der Waals surface area contributed by atoms with Crippen molar-refractivity contribution >= 4 is 39.8 Å². The quantitative estimate of drug-likeness (QED) is 0.162. The Bertz CT molecular complexity index is 3150. The summed E-state index contributed by atoms with van der Waals surface area (Å²) >= 11 is 0. The van der Waals surface area contributed by atoms with Crippen LogP contribution in [0.25, 0.3) is 34.2 Å². The molecule has 0 N–H and O–H groups in total. The van der Waals surface area contributed by atoms with Crippen LogP contribution in [0.1, 0.15) is 0 Å². The van der Waals surface area contributed by atoms with Crippen molar-refractivity contribution < 1.29 is 14.2 Å². The molecule has 0 spiro atoms. The number of rotatable bonds is 6. The van der Waals surface area contributed by atoms with Crippen LogP contribution in [0, 0.1) is 0 Å². The monoisotopic (exact) mass is 856 g/mol. The highest BCUT2D eigenvalue weighted by Gasteiger charge is 2.37. The zero-order valence-electron chi connectivity index (χ0n) is 35.5. The fourth-order valence-electron chi connectivity index (χ4n) is 9.70. The van der Waals surface area contributed by atoms with Crippen molar-refractivity contribution in [3.63, 3.8) is 0 Å². The lowest BCUT2D eigenvalue weighted by molar-refractivity contribution is 0.218. The molecule has 5 aliphatic rings. The van der Waals surface area contributed by atoms with Crippen LogP contribution in [0.2, 0.25) is 0 Å². The Hall–Kier alpha value is -8.69. The molecule has 7 aromatic carbocycles. The van der Waals surface area contributed by atoms with Crippen LogP contribution in [-0.4, -0.2) is 39.2 Å². The van der Waals surface area contributed by atoms with Gasteiger partial charge in [0.25, 0.3) is 0 Å². The molecule has 0 fully saturated rings. The number of ether oxygens (including phenoxy) is 3. The van der Waals surface area contributed by atoms with Crippen LogP contribution in [-0.2, 0) is 0 Å². The van der Waals surface area contributed by atoms with E-state index in [1.807, 2.05) is 60.7 Å². The molecule has 8 aromatic rings. The van der Waals surface area contributed by atoms with E-state index in [0.717, 1.165) is 79.5 Å². The first-order valence-electron chi connectivity index (χ1n) is 22.2. The number of aromatic nitrogens is 3. The first kappa shape index (κ1) is 37.8. The van der Waals surface area contributed by atoms with Gasteiger partial charge in [-0.05, 0) is 97.1 Å². The van der Waals surface area contributed by atoms with Gasteiger partial charge in [-0.1, -0.05) is 121 Å². The minimum atomic E-state index is -0.136. The molecule has 0 radical (unpaired) electrons. The minimum Gasteiger partial charge on any atom is -0.482 e. The molecular weight excluding hydrogens is 817 g/mol. The highest BCUT2D eigenvalue weighted by molar-refractivity contribution is 5.87. The number of hydrogen-bond donors (Lipinski definition) is 0. The Kier molecular flexibility index (Phi) is 8.90. The smallest absolute Gasteiger partial charge is 0.164 e.